The van der Waals surface area contributed by atoms with Crippen molar-refractivity contribution in [2.45, 2.75) is 18.8 Å². The quantitative estimate of drug-likeness (QED) is 0.826. The third-order valence-corrected chi connectivity index (χ3v) is 4.17. The zero-order chi connectivity index (χ0) is 11.5. The summed E-state index contributed by atoms with van der Waals surface area (Å²) >= 11 is 1.78. The van der Waals surface area contributed by atoms with Crippen LogP contribution in [-0.4, -0.2) is 18.2 Å². The van der Waals surface area contributed by atoms with Crippen molar-refractivity contribution < 1.29 is 4.74 Å². The van der Waals surface area contributed by atoms with Gasteiger partial charge >= 0.3 is 0 Å². The van der Waals surface area contributed by atoms with Crippen molar-refractivity contribution in [1.29, 1.82) is 0 Å². The van der Waals surface area contributed by atoms with Gasteiger partial charge in [-0.1, -0.05) is 30.3 Å². The number of aromatic nitrogens is 1. The van der Waals surface area contributed by atoms with Crippen LogP contribution in [0.1, 0.15) is 23.8 Å². The van der Waals surface area contributed by atoms with Gasteiger partial charge in [0.1, 0.15) is 0 Å². The van der Waals surface area contributed by atoms with E-state index in [1.165, 1.54) is 10.6 Å². The lowest BCUT2D eigenvalue weighted by atomic mass is 10.0. The van der Waals surface area contributed by atoms with Gasteiger partial charge in [0.05, 0.1) is 10.7 Å². The smallest absolute Gasteiger partial charge is 0.0965 e. The molecule has 0 atom stereocenters. The molecule has 3 rings (SSSR count). The lowest BCUT2D eigenvalue weighted by Gasteiger charge is -2.19. The van der Waals surface area contributed by atoms with Gasteiger partial charge in [0.2, 0.25) is 0 Å². The Balaban J connectivity index is 0.00000120. The molecule has 0 N–H and O–H groups in total. The average molecular weight is 282 g/mol. The zero-order valence-electron chi connectivity index (χ0n) is 10.0. The van der Waals surface area contributed by atoms with E-state index in [0.29, 0.717) is 5.92 Å². The Morgan fingerprint density at radius 3 is 2.56 bits per heavy atom. The molecule has 0 saturated carbocycles. The number of halogens is 1. The molecular formula is C14H16ClNOS. The van der Waals surface area contributed by atoms with Crippen LogP contribution in [0, 0.1) is 0 Å². The Bertz CT molecular complexity index is 480. The van der Waals surface area contributed by atoms with Crippen LogP contribution >= 0.6 is 23.7 Å². The summed E-state index contributed by atoms with van der Waals surface area (Å²) in [5.41, 5.74) is 2.32. The molecule has 0 unspecified atom stereocenters. The highest BCUT2D eigenvalue weighted by atomic mass is 35.5. The second kappa shape index (κ2) is 6.32. The predicted octanol–water partition coefficient (Wildman–Crippen LogP) is 4.13. The molecule has 4 heteroatoms. The summed E-state index contributed by atoms with van der Waals surface area (Å²) in [6.07, 6.45) is 2.23. The molecule has 96 valence electrons. The highest BCUT2D eigenvalue weighted by molar-refractivity contribution is 7.10. The fourth-order valence-electron chi connectivity index (χ4n) is 2.16. The highest BCUT2D eigenvalue weighted by Gasteiger charge is 2.19. The molecular weight excluding hydrogens is 266 g/mol. The summed E-state index contributed by atoms with van der Waals surface area (Å²) in [6.45, 7) is 1.76. The fourth-order valence-corrected chi connectivity index (χ4v) is 3.16. The Morgan fingerprint density at radius 1 is 1.11 bits per heavy atom. The molecule has 2 aromatic rings. The number of benzene rings is 1. The molecule has 0 aliphatic carbocycles. The zero-order valence-corrected chi connectivity index (χ0v) is 11.7. The minimum Gasteiger partial charge on any atom is -0.381 e. The number of thiazole rings is 1. The van der Waals surface area contributed by atoms with E-state index in [9.17, 15) is 0 Å². The number of nitrogens with zero attached hydrogens (tertiary/aromatic N) is 1. The van der Waals surface area contributed by atoms with Crippen LogP contribution in [0.15, 0.2) is 35.7 Å². The Hall–Kier alpha value is -0.900. The SMILES string of the molecule is Cl.c1ccc(-c2csc(C3CCOCC3)n2)cc1. The molecule has 2 heterocycles. The van der Waals surface area contributed by atoms with E-state index in [-0.39, 0.29) is 12.4 Å². The van der Waals surface area contributed by atoms with Gasteiger partial charge in [-0.2, -0.15) is 0 Å². The van der Waals surface area contributed by atoms with Crippen molar-refractivity contribution in [2.75, 3.05) is 13.2 Å². The van der Waals surface area contributed by atoms with Crippen LogP contribution in [0.3, 0.4) is 0 Å². The maximum absolute atomic E-state index is 5.39. The van der Waals surface area contributed by atoms with Crippen LogP contribution in [0.25, 0.3) is 11.3 Å². The molecule has 1 aromatic heterocycles. The number of hydrogen-bond acceptors (Lipinski definition) is 3. The van der Waals surface area contributed by atoms with Gasteiger partial charge in [-0.05, 0) is 12.8 Å². The first-order chi connectivity index (χ1) is 8.43. The molecule has 0 spiro atoms. The van der Waals surface area contributed by atoms with Gasteiger partial charge in [0, 0.05) is 30.1 Å². The van der Waals surface area contributed by atoms with Gasteiger partial charge in [0.25, 0.3) is 0 Å². The van der Waals surface area contributed by atoms with E-state index >= 15 is 0 Å². The van der Waals surface area contributed by atoms with Gasteiger partial charge < -0.3 is 4.74 Å². The summed E-state index contributed by atoms with van der Waals surface area (Å²) < 4.78 is 5.39. The van der Waals surface area contributed by atoms with Crippen LogP contribution in [-0.2, 0) is 4.74 Å². The average Bonchev–Trinajstić information content (AvgIpc) is 2.90. The Labute approximate surface area is 117 Å². The first-order valence-corrected chi connectivity index (χ1v) is 6.90. The van der Waals surface area contributed by atoms with Gasteiger partial charge in [-0.25, -0.2) is 4.98 Å². The van der Waals surface area contributed by atoms with E-state index in [1.54, 1.807) is 11.3 Å². The summed E-state index contributed by atoms with van der Waals surface area (Å²) in [7, 11) is 0. The third-order valence-electron chi connectivity index (χ3n) is 3.16. The van der Waals surface area contributed by atoms with Crippen molar-refractivity contribution in [3.05, 3.63) is 40.7 Å². The summed E-state index contributed by atoms with van der Waals surface area (Å²) in [4.78, 5) is 4.77. The van der Waals surface area contributed by atoms with Crippen molar-refractivity contribution in [3.8, 4) is 11.3 Å². The van der Waals surface area contributed by atoms with Crippen molar-refractivity contribution in [1.82, 2.24) is 4.98 Å². The topological polar surface area (TPSA) is 22.1 Å². The lowest BCUT2D eigenvalue weighted by Crippen LogP contribution is -2.13. The van der Waals surface area contributed by atoms with Crippen LogP contribution in [0.5, 0.6) is 0 Å². The van der Waals surface area contributed by atoms with Gasteiger partial charge in [-0.3, -0.25) is 0 Å². The maximum atomic E-state index is 5.39. The number of ether oxygens (including phenoxy) is 1. The first-order valence-electron chi connectivity index (χ1n) is 6.02. The molecule has 1 aliphatic heterocycles. The lowest BCUT2D eigenvalue weighted by molar-refractivity contribution is 0.0853. The maximum Gasteiger partial charge on any atom is 0.0965 e. The summed E-state index contributed by atoms with van der Waals surface area (Å²) in [5.74, 6) is 0.603. The van der Waals surface area contributed by atoms with Crippen LogP contribution < -0.4 is 0 Å². The van der Waals surface area contributed by atoms with Crippen LogP contribution in [0.2, 0.25) is 0 Å². The second-order valence-corrected chi connectivity index (χ2v) is 5.21. The van der Waals surface area contributed by atoms with Crippen molar-refractivity contribution in [3.63, 3.8) is 0 Å². The minimum atomic E-state index is 0. The van der Waals surface area contributed by atoms with E-state index in [0.717, 1.165) is 31.7 Å². The van der Waals surface area contributed by atoms with Crippen LogP contribution in [0.4, 0.5) is 0 Å². The van der Waals surface area contributed by atoms with E-state index in [2.05, 4.69) is 29.6 Å². The number of rotatable bonds is 2. The molecule has 1 aliphatic rings. The van der Waals surface area contributed by atoms with E-state index in [4.69, 9.17) is 9.72 Å². The Morgan fingerprint density at radius 2 is 1.83 bits per heavy atom. The summed E-state index contributed by atoms with van der Waals surface area (Å²) in [5, 5.41) is 3.44. The molecule has 2 nitrogen and oxygen atoms in total. The second-order valence-electron chi connectivity index (χ2n) is 4.32. The third kappa shape index (κ3) is 2.91. The molecule has 0 bridgehead atoms. The Kier molecular flexibility index (Phi) is 4.75. The minimum absolute atomic E-state index is 0. The largest absolute Gasteiger partial charge is 0.381 e. The van der Waals surface area contributed by atoms with E-state index < -0.39 is 0 Å². The first kappa shape index (κ1) is 13.5. The molecule has 0 amide bonds. The number of hydrogen-bond donors (Lipinski definition) is 0. The normalized spacial score (nSPS) is 16.2. The molecule has 1 saturated heterocycles. The molecule has 1 fully saturated rings. The fraction of sp³-hybridized carbons (Fsp3) is 0.357. The monoisotopic (exact) mass is 281 g/mol. The molecule has 1 aromatic carbocycles. The highest BCUT2D eigenvalue weighted by Crippen LogP contribution is 2.31. The van der Waals surface area contributed by atoms with Crippen molar-refractivity contribution >= 4 is 23.7 Å². The molecule has 0 radical (unpaired) electrons. The van der Waals surface area contributed by atoms with Gasteiger partial charge in [-0.15, -0.1) is 23.7 Å². The molecule has 18 heavy (non-hydrogen) atoms. The standard InChI is InChI=1S/C14H15NOS.ClH/c1-2-4-11(5-3-1)13-10-17-14(15-13)12-6-8-16-9-7-12;/h1-5,10,12H,6-9H2;1H. The summed E-state index contributed by atoms with van der Waals surface area (Å²) in [6, 6.07) is 10.4. The van der Waals surface area contributed by atoms with E-state index in [1.807, 2.05) is 6.07 Å². The van der Waals surface area contributed by atoms with Crippen molar-refractivity contribution in [2.24, 2.45) is 0 Å². The predicted molar refractivity (Wildman–Crippen MR) is 77.6 cm³/mol. The van der Waals surface area contributed by atoms with Gasteiger partial charge in [0.15, 0.2) is 0 Å².